The monoisotopic (exact) mass is 577 g/mol. The van der Waals surface area contributed by atoms with Crippen LogP contribution in [0.25, 0.3) is 33.5 Å². The molecule has 6 rings (SSSR count). The minimum Gasteiger partial charge on any atom is -0.308 e. The van der Waals surface area contributed by atoms with Gasteiger partial charge in [0.2, 0.25) is 5.78 Å². The number of halogens is 3. The first-order chi connectivity index (χ1) is 16.0. The third-order valence-electron chi connectivity index (χ3n) is 5.73. The molecule has 0 radical (unpaired) electrons. The van der Waals surface area contributed by atoms with Crippen LogP contribution < -0.4 is 0 Å². The van der Waals surface area contributed by atoms with Gasteiger partial charge in [-0.05, 0) is 68.3 Å². The normalized spacial score (nSPS) is 11.6. The van der Waals surface area contributed by atoms with Crippen molar-refractivity contribution in [1.29, 1.82) is 0 Å². The maximum Gasteiger partial charge on any atom is 0.211 e. The molecule has 0 aliphatic carbocycles. The fraction of sp³-hybridized carbons (Fsp3) is 0. The zero-order valence-corrected chi connectivity index (χ0v) is 20.9. The molecule has 3 aromatic carbocycles. The molecule has 0 fully saturated rings. The molecular formula is C26H14Br2ClN3O. The largest absolute Gasteiger partial charge is 0.308 e. The number of carbonyl (C=O) groups is 1. The van der Waals surface area contributed by atoms with Crippen LogP contribution in [0, 0.1) is 0 Å². The highest BCUT2D eigenvalue weighted by molar-refractivity contribution is 9.13. The third-order valence-corrected chi connectivity index (χ3v) is 7.83. The number of hydrogen-bond donors (Lipinski definition) is 0. The first-order valence-electron chi connectivity index (χ1n) is 10.2. The van der Waals surface area contributed by atoms with E-state index in [2.05, 4.69) is 36.3 Å². The van der Waals surface area contributed by atoms with Gasteiger partial charge in [-0.1, -0.05) is 54.1 Å². The summed E-state index contributed by atoms with van der Waals surface area (Å²) < 4.78 is 5.83. The van der Waals surface area contributed by atoms with Gasteiger partial charge in [0.1, 0.15) is 5.69 Å². The van der Waals surface area contributed by atoms with Gasteiger partial charge in [0.25, 0.3) is 0 Å². The van der Waals surface area contributed by atoms with E-state index < -0.39 is 0 Å². The standard InChI is InChI=1S/C26H14Br2ClN3O/c27-18-13-20-22(14-19(18)28)32-23(15-8-10-17(29)11-9-15)24(25(33)16-5-2-1-3-6-16)31-12-4-7-21(31)26(32)30-20/h1-14H. The van der Waals surface area contributed by atoms with E-state index in [1.165, 1.54) is 0 Å². The van der Waals surface area contributed by atoms with E-state index in [1.807, 2.05) is 89.5 Å². The van der Waals surface area contributed by atoms with Gasteiger partial charge in [0.15, 0.2) is 5.65 Å². The van der Waals surface area contributed by atoms with E-state index in [9.17, 15) is 4.79 Å². The Balaban J connectivity index is 1.85. The fourth-order valence-electron chi connectivity index (χ4n) is 4.27. The lowest BCUT2D eigenvalue weighted by molar-refractivity contribution is 0.103. The molecule has 6 aromatic rings. The molecule has 0 saturated carbocycles. The molecule has 160 valence electrons. The molecule has 33 heavy (non-hydrogen) atoms. The smallest absolute Gasteiger partial charge is 0.211 e. The van der Waals surface area contributed by atoms with Gasteiger partial charge >= 0.3 is 0 Å². The molecule has 0 spiro atoms. The number of imidazole rings is 1. The molecule has 0 atom stereocenters. The molecule has 0 aliphatic rings. The highest BCUT2D eigenvalue weighted by atomic mass is 79.9. The second-order valence-electron chi connectivity index (χ2n) is 7.69. The van der Waals surface area contributed by atoms with E-state index in [4.69, 9.17) is 16.6 Å². The van der Waals surface area contributed by atoms with Crippen molar-refractivity contribution in [2.75, 3.05) is 0 Å². The third kappa shape index (κ3) is 3.24. The Morgan fingerprint density at radius 3 is 2.33 bits per heavy atom. The molecule has 4 nitrogen and oxygen atoms in total. The van der Waals surface area contributed by atoms with Crippen LogP contribution in [0.3, 0.4) is 0 Å². The Morgan fingerprint density at radius 1 is 0.848 bits per heavy atom. The number of rotatable bonds is 3. The van der Waals surface area contributed by atoms with Crippen LogP contribution in [0.4, 0.5) is 0 Å². The highest BCUT2D eigenvalue weighted by Gasteiger charge is 2.25. The molecule has 0 aliphatic heterocycles. The molecular weight excluding hydrogens is 566 g/mol. The predicted molar refractivity (Wildman–Crippen MR) is 139 cm³/mol. The summed E-state index contributed by atoms with van der Waals surface area (Å²) in [7, 11) is 0. The molecule has 0 N–H and O–H groups in total. The van der Waals surface area contributed by atoms with Crippen molar-refractivity contribution < 1.29 is 4.79 Å². The quantitative estimate of drug-likeness (QED) is 0.201. The zero-order valence-electron chi connectivity index (χ0n) is 17.0. The predicted octanol–water partition coefficient (Wildman–Crippen LogP) is 7.82. The molecule has 3 heterocycles. The van der Waals surface area contributed by atoms with Crippen LogP contribution in [0.15, 0.2) is 94.0 Å². The molecule has 7 heteroatoms. The Labute approximate surface area is 210 Å². The number of carbonyl (C=O) groups excluding carboxylic acids is 1. The van der Waals surface area contributed by atoms with Crippen molar-refractivity contribution in [3.8, 4) is 11.3 Å². The SMILES string of the molecule is O=C(c1ccccc1)c1c(-c2ccc(Cl)cc2)n2c3cc(Br)c(Br)cc3nc2c2cccn12. The summed E-state index contributed by atoms with van der Waals surface area (Å²) in [6, 6.07) is 24.8. The summed E-state index contributed by atoms with van der Waals surface area (Å²) in [5, 5.41) is 0.634. The molecule has 0 saturated heterocycles. The Morgan fingerprint density at radius 2 is 1.58 bits per heavy atom. The van der Waals surface area contributed by atoms with Gasteiger partial charge in [-0.3, -0.25) is 9.20 Å². The van der Waals surface area contributed by atoms with Crippen molar-refractivity contribution in [1.82, 2.24) is 13.8 Å². The molecule has 0 bridgehead atoms. The average Bonchev–Trinajstić information content (AvgIpc) is 3.44. The van der Waals surface area contributed by atoms with Gasteiger partial charge in [-0.15, -0.1) is 0 Å². The second kappa shape index (κ2) is 7.83. The van der Waals surface area contributed by atoms with Crippen LogP contribution >= 0.6 is 43.5 Å². The number of hydrogen-bond acceptors (Lipinski definition) is 2. The minimum atomic E-state index is -0.0679. The minimum absolute atomic E-state index is 0.0679. The number of benzene rings is 3. The van der Waals surface area contributed by atoms with E-state index in [0.29, 0.717) is 16.3 Å². The lowest BCUT2D eigenvalue weighted by atomic mass is 10.0. The maximum atomic E-state index is 13.9. The lowest BCUT2D eigenvalue weighted by Gasteiger charge is -2.16. The van der Waals surface area contributed by atoms with Gasteiger partial charge in [0.05, 0.1) is 22.2 Å². The summed E-state index contributed by atoms with van der Waals surface area (Å²) in [4.78, 5) is 18.9. The van der Waals surface area contributed by atoms with Gasteiger partial charge < -0.3 is 4.40 Å². The summed E-state index contributed by atoms with van der Waals surface area (Å²) in [6.45, 7) is 0. The van der Waals surface area contributed by atoms with E-state index in [-0.39, 0.29) is 5.78 Å². The van der Waals surface area contributed by atoms with Crippen LogP contribution in [-0.2, 0) is 0 Å². The zero-order chi connectivity index (χ0) is 22.7. The number of fused-ring (bicyclic) bond motifs is 5. The summed E-state index contributed by atoms with van der Waals surface area (Å²) >= 11 is 13.4. The van der Waals surface area contributed by atoms with Crippen LogP contribution in [0.2, 0.25) is 5.02 Å². The summed E-state index contributed by atoms with van der Waals surface area (Å²) in [5.41, 5.74) is 6.17. The lowest BCUT2D eigenvalue weighted by Crippen LogP contribution is -2.13. The van der Waals surface area contributed by atoms with Crippen LogP contribution in [-0.4, -0.2) is 19.6 Å². The van der Waals surface area contributed by atoms with Gasteiger partial charge in [-0.2, -0.15) is 0 Å². The molecule has 0 unspecified atom stereocenters. The molecule has 3 aromatic heterocycles. The number of nitrogens with zero attached hydrogens (tertiary/aromatic N) is 3. The topological polar surface area (TPSA) is 38.8 Å². The van der Waals surface area contributed by atoms with Crippen LogP contribution in [0.5, 0.6) is 0 Å². The molecule has 0 amide bonds. The average molecular weight is 580 g/mol. The Kier molecular flexibility index (Phi) is 4.91. The van der Waals surface area contributed by atoms with E-state index >= 15 is 0 Å². The van der Waals surface area contributed by atoms with Crippen molar-refractivity contribution in [3.63, 3.8) is 0 Å². The second-order valence-corrected chi connectivity index (χ2v) is 9.83. The summed E-state index contributed by atoms with van der Waals surface area (Å²) in [6.07, 6.45) is 1.91. The van der Waals surface area contributed by atoms with Gasteiger partial charge in [-0.25, -0.2) is 4.98 Å². The first-order valence-corrected chi connectivity index (χ1v) is 12.2. The fourth-order valence-corrected chi connectivity index (χ4v) is 5.05. The Hall–Kier alpha value is -2.93. The van der Waals surface area contributed by atoms with Crippen molar-refractivity contribution in [2.45, 2.75) is 0 Å². The summed E-state index contributed by atoms with van der Waals surface area (Å²) in [5.74, 6) is -0.0679. The number of ketones is 1. The Bertz CT molecular complexity index is 1700. The van der Waals surface area contributed by atoms with Gasteiger partial charge in [0, 0.05) is 31.3 Å². The van der Waals surface area contributed by atoms with Crippen molar-refractivity contribution in [2.24, 2.45) is 0 Å². The highest BCUT2D eigenvalue weighted by Crippen LogP contribution is 2.36. The maximum absolute atomic E-state index is 13.9. The van der Waals surface area contributed by atoms with Crippen molar-refractivity contribution >= 4 is 71.4 Å². The van der Waals surface area contributed by atoms with E-state index in [0.717, 1.165) is 42.4 Å². The van der Waals surface area contributed by atoms with E-state index in [1.54, 1.807) is 0 Å². The van der Waals surface area contributed by atoms with Crippen LogP contribution in [0.1, 0.15) is 16.1 Å². The number of aromatic nitrogens is 3. The first kappa shape index (κ1) is 20.7. The van der Waals surface area contributed by atoms with Crippen molar-refractivity contribution in [3.05, 3.63) is 110 Å².